The van der Waals surface area contributed by atoms with Crippen molar-refractivity contribution in [2.75, 3.05) is 33.5 Å². The van der Waals surface area contributed by atoms with E-state index in [1.165, 1.54) is 0 Å². The molecule has 0 aromatic carbocycles. The number of rotatable bonds is 14. The minimum Gasteiger partial charge on any atom is -0.379 e. The van der Waals surface area contributed by atoms with Crippen molar-refractivity contribution in [3.63, 3.8) is 0 Å². The fraction of sp³-hybridized carbons (Fsp3) is 1.00. The molecular weight excluding hydrogens is 340 g/mol. The lowest BCUT2D eigenvalue weighted by molar-refractivity contribution is -0.278. The first-order chi connectivity index (χ1) is 12.2. The van der Waals surface area contributed by atoms with Crippen molar-refractivity contribution in [3.05, 3.63) is 0 Å². The van der Waals surface area contributed by atoms with Crippen LogP contribution in [0.1, 0.15) is 59.3 Å². The molecule has 1 rings (SSSR count). The summed E-state index contributed by atoms with van der Waals surface area (Å²) in [5.41, 5.74) is 0. The van der Waals surface area contributed by atoms with Crippen molar-refractivity contribution in [1.82, 2.24) is 0 Å². The Morgan fingerprint density at radius 3 is 1.96 bits per heavy atom. The molecular formula is C19H38O5S. The molecule has 1 heterocycles. The van der Waals surface area contributed by atoms with Gasteiger partial charge in [-0.2, -0.15) is 12.6 Å². The summed E-state index contributed by atoms with van der Waals surface area (Å²) in [5.74, 6) is 0. The van der Waals surface area contributed by atoms with E-state index >= 15 is 0 Å². The van der Waals surface area contributed by atoms with Crippen LogP contribution in [0.4, 0.5) is 0 Å². The van der Waals surface area contributed by atoms with Crippen molar-refractivity contribution < 1.29 is 23.7 Å². The van der Waals surface area contributed by atoms with E-state index in [1.807, 2.05) is 0 Å². The van der Waals surface area contributed by atoms with Gasteiger partial charge in [0.05, 0.1) is 18.0 Å². The second kappa shape index (κ2) is 14.2. The van der Waals surface area contributed by atoms with Crippen LogP contribution in [0.2, 0.25) is 0 Å². The molecule has 1 aliphatic heterocycles. The van der Waals surface area contributed by atoms with Crippen LogP contribution in [0.5, 0.6) is 0 Å². The van der Waals surface area contributed by atoms with Crippen molar-refractivity contribution in [2.45, 2.75) is 89.1 Å². The molecule has 0 aromatic heterocycles. The Morgan fingerprint density at radius 2 is 1.40 bits per heavy atom. The summed E-state index contributed by atoms with van der Waals surface area (Å²) < 4.78 is 29.6. The maximum atomic E-state index is 6.15. The summed E-state index contributed by atoms with van der Waals surface area (Å²) in [6.45, 7) is 9.08. The second-order valence-corrected chi connectivity index (χ2v) is 7.17. The van der Waals surface area contributed by atoms with Gasteiger partial charge in [0, 0.05) is 26.9 Å². The van der Waals surface area contributed by atoms with Gasteiger partial charge in [0.15, 0.2) is 6.29 Å². The van der Waals surface area contributed by atoms with Crippen molar-refractivity contribution in [3.8, 4) is 0 Å². The highest BCUT2D eigenvalue weighted by Crippen LogP contribution is 2.30. The highest BCUT2D eigenvalue weighted by Gasteiger charge is 2.46. The largest absolute Gasteiger partial charge is 0.379 e. The van der Waals surface area contributed by atoms with E-state index in [1.54, 1.807) is 7.11 Å². The number of hydrogen-bond donors (Lipinski definition) is 1. The minimum atomic E-state index is -0.452. The van der Waals surface area contributed by atoms with Gasteiger partial charge in [-0.25, -0.2) is 0 Å². The van der Waals surface area contributed by atoms with Crippen LogP contribution < -0.4 is 0 Å². The zero-order valence-electron chi connectivity index (χ0n) is 16.4. The lowest BCUT2D eigenvalue weighted by Crippen LogP contribution is -2.59. The molecule has 1 saturated heterocycles. The summed E-state index contributed by atoms with van der Waals surface area (Å²) in [5, 5.41) is -0.100. The van der Waals surface area contributed by atoms with Crippen LogP contribution in [0.3, 0.4) is 0 Å². The van der Waals surface area contributed by atoms with E-state index in [4.69, 9.17) is 36.3 Å². The van der Waals surface area contributed by atoms with Crippen LogP contribution in [0.25, 0.3) is 0 Å². The molecule has 6 heteroatoms. The third-order valence-electron chi connectivity index (χ3n) is 4.39. The van der Waals surface area contributed by atoms with Crippen LogP contribution >= 0.6 is 12.6 Å². The summed E-state index contributed by atoms with van der Waals surface area (Å²) in [6, 6.07) is 0. The topological polar surface area (TPSA) is 46.2 Å². The van der Waals surface area contributed by atoms with E-state index in [2.05, 4.69) is 20.8 Å². The normalized spacial score (nSPS) is 29.9. The van der Waals surface area contributed by atoms with E-state index < -0.39 is 6.29 Å². The smallest absolute Gasteiger partial charge is 0.186 e. The zero-order valence-corrected chi connectivity index (χ0v) is 17.3. The highest BCUT2D eigenvalue weighted by atomic mass is 32.1. The molecule has 150 valence electrons. The van der Waals surface area contributed by atoms with Gasteiger partial charge in [-0.1, -0.05) is 40.0 Å². The Hall–Kier alpha value is 0.150. The number of unbranched alkanes of at least 4 members (excludes halogenated alkanes) is 3. The highest BCUT2D eigenvalue weighted by molar-refractivity contribution is 7.81. The van der Waals surface area contributed by atoms with Crippen LogP contribution in [-0.4, -0.2) is 63.4 Å². The van der Waals surface area contributed by atoms with Gasteiger partial charge in [0.2, 0.25) is 0 Å². The predicted molar refractivity (Wildman–Crippen MR) is 103 cm³/mol. The van der Waals surface area contributed by atoms with Crippen molar-refractivity contribution in [1.29, 1.82) is 0 Å². The van der Waals surface area contributed by atoms with Gasteiger partial charge in [-0.3, -0.25) is 0 Å². The molecule has 0 amide bonds. The van der Waals surface area contributed by atoms with Crippen LogP contribution in [-0.2, 0) is 23.7 Å². The fourth-order valence-electron chi connectivity index (χ4n) is 2.76. The van der Waals surface area contributed by atoms with Gasteiger partial charge in [0.25, 0.3) is 0 Å². The van der Waals surface area contributed by atoms with E-state index in [0.717, 1.165) is 45.1 Å². The molecule has 1 fully saturated rings. The number of thiol groups is 1. The van der Waals surface area contributed by atoms with E-state index in [-0.39, 0.29) is 23.6 Å². The summed E-state index contributed by atoms with van der Waals surface area (Å²) >= 11 is 4.80. The first-order valence-corrected chi connectivity index (χ1v) is 10.4. The zero-order chi connectivity index (χ0) is 18.5. The standard InChI is InChI=1S/C19H38O5S/c1-5-8-11-21-14-15-18(25)16(22-12-9-6-2)17(19(20-4)24-15)23-13-10-7-3/h15-19,25H,5-14H2,1-4H3/t15?,16?,17?,18-,19-/m0/s1. The molecule has 3 unspecified atom stereocenters. The van der Waals surface area contributed by atoms with Gasteiger partial charge >= 0.3 is 0 Å². The van der Waals surface area contributed by atoms with Gasteiger partial charge < -0.3 is 23.7 Å². The third kappa shape index (κ3) is 8.14. The Labute approximate surface area is 159 Å². The minimum absolute atomic E-state index is 0.100. The molecule has 0 radical (unpaired) electrons. The lowest BCUT2D eigenvalue weighted by Gasteiger charge is -2.44. The first kappa shape index (κ1) is 23.2. The van der Waals surface area contributed by atoms with Gasteiger partial charge in [0.1, 0.15) is 12.2 Å². The summed E-state index contributed by atoms with van der Waals surface area (Å²) in [4.78, 5) is 0. The molecule has 0 aliphatic carbocycles. The van der Waals surface area contributed by atoms with Gasteiger partial charge in [-0.15, -0.1) is 0 Å². The molecule has 0 saturated carbocycles. The van der Waals surface area contributed by atoms with E-state index in [0.29, 0.717) is 19.8 Å². The molecule has 0 N–H and O–H groups in total. The fourth-order valence-corrected chi connectivity index (χ4v) is 3.17. The quantitative estimate of drug-likeness (QED) is 0.367. The Kier molecular flexibility index (Phi) is 13.2. The third-order valence-corrected chi connectivity index (χ3v) is 5.02. The Morgan fingerprint density at radius 1 is 0.840 bits per heavy atom. The van der Waals surface area contributed by atoms with E-state index in [9.17, 15) is 0 Å². The predicted octanol–water partition coefficient (Wildman–Crippen LogP) is 3.84. The van der Waals surface area contributed by atoms with Crippen LogP contribution in [0, 0.1) is 0 Å². The molecule has 0 aromatic rings. The average molecular weight is 379 g/mol. The summed E-state index contributed by atoms with van der Waals surface area (Å²) in [6.07, 6.45) is 5.35. The SMILES string of the molecule is CCCCOCC1O[C@H](OC)C(OCCCC)C(OCCCC)[C@H]1S. The van der Waals surface area contributed by atoms with Crippen molar-refractivity contribution in [2.24, 2.45) is 0 Å². The average Bonchev–Trinajstić information content (AvgIpc) is 2.62. The van der Waals surface area contributed by atoms with Crippen molar-refractivity contribution >= 4 is 12.6 Å². The Balaban J connectivity index is 2.70. The lowest BCUT2D eigenvalue weighted by atomic mass is 10.0. The van der Waals surface area contributed by atoms with Crippen LogP contribution in [0.15, 0.2) is 0 Å². The number of ether oxygens (including phenoxy) is 5. The van der Waals surface area contributed by atoms with Gasteiger partial charge in [-0.05, 0) is 19.3 Å². The molecule has 1 aliphatic rings. The molecule has 5 atom stereocenters. The first-order valence-electron chi connectivity index (χ1n) is 9.86. The molecule has 25 heavy (non-hydrogen) atoms. The summed E-state index contributed by atoms with van der Waals surface area (Å²) in [7, 11) is 1.65. The Bertz CT molecular complexity index is 318. The number of methoxy groups -OCH3 is 1. The molecule has 5 nitrogen and oxygen atoms in total. The molecule has 0 bridgehead atoms. The monoisotopic (exact) mass is 378 g/mol. The second-order valence-electron chi connectivity index (χ2n) is 6.58. The maximum Gasteiger partial charge on any atom is 0.186 e. The molecule has 0 spiro atoms. The number of hydrogen-bond acceptors (Lipinski definition) is 6. The maximum absolute atomic E-state index is 6.15.